The van der Waals surface area contributed by atoms with E-state index in [0.717, 1.165) is 5.69 Å². The van der Waals surface area contributed by atoms with Crippen molar-refractivity contribution in [1.82, 2.24) is 29.7 Å². The van der Waals surface area contributed by atoms with E-state index < -0.39 is 24.7 Å². The summed E-state index contributed by atoms with van der Waals surface area (Å²) in [5.41, 5.74) is 2.57. The first-order valence-electron chi connectivity index (χ1n) is 12.2. The molecule has 1 fully saturated rings. The quantitative estimate of drug-likeness (QED) is 0.382. The second-order valence-electron chi connectivity index (χ2n) is 8.73. The number of carboxylic acids is 1. The summed E-state index contributed by atoms with van der Waals surface area (Å²) in [4.78, 5) is 31.3. The van der Waals surface area contributed by atoms with Gasteiger partial charge in [-0.05, 0) is 25.7 Å². The molecule has 11 nitrogen and oxygen atoms in total. The first-order chi connectivity index (χ1) is 17.7. The van der Waals surface area contributed by atoms with Gasteiger partial charge < -0.3 is 20.1 Å². The van der Waals surface area contributed by atoms with Crippen LogP contribution < -0.4 is 10.2 Å². The maximum Gasteiger partial charge on any atom is 0.411 e. The first-order valence-corrected chi connectivity index (χ1v) is 12.2. The molecule has 1 aliphatic heterocycles. The average Bonchev–Trinajstić information content (AvgIpc) is 3.24. The zero-order valence-corrected chi connectivity index (χ0v) is 20.6. The summed E-state index contributed by atoms with van der Waals surface area (Å²) >= 11 is 0. The van der Waals surface area contributed by atoms with E-state index in [1.165, 1.54) is 6.33 Å². The topological polar surface area (TPSA) is 131 Å². The Hall–Kier alpha value is -3.55. The number of carboxylic acid groups (broad SMARTS) is 1. The Balaban J connectivity index is 1.71. The van der Waals surface area contributed by atoms with Crippen LogP contribution in [0.4, 0.5) is 30.8 Å². The third kappa shape index (κ3) is 6.42. The Morgan fingerprint density at radius 3 is 2.59 bits per heavy atom. The molecule has 0 unspecified atom stereocenters. The number of fused-ring (bicyclic) bond motifs is 1. The van der Waals surface area contributed by atoms with Crippen LogP contribution >= 0.6 is 0 Å². The maximum absolute atomic E-state index is 12.5. The van der Waals surface area contributed by atoms with Gasteiger partial charge in [-0.1, -0.05) is 13.8 Å². The summed E-state index contributed by atoms with van der Waals surface area (Å²) in [6, 6.07) is 1.79. The summed E-state index contributed by atoms with van der Waals surface area (Å²) < 4.78 is 43.9. The van der Waals surface area contributed by atoms with E-state index in [-0.39, 0.29) is 13.2 Å². The average molecular weight is 523 g/mol. The monoisotopic (exact) mass is 522 g/mol. The largest absolute Gasteiger partial charge is 0.481 e. The number of aliphatic carboxylic acids is 1. The van der Waals surface area contributed by atoms with Crippen molar-refractivity contribution in [2.75, 3.05) is 36.5 Å². The van der Waals surface area contributed by atoms with Gasteiger partial charge in [-0.3, -0.25) is 9.48 Å². The van der Waals surface area contributed by atoms with Gasteiger partial charge in [-0.15, -0.1) is 0 Å². The molecule has 200 valence electrons. The molecule has 0 radical (unpaired) electrons. The van der Waals surface area contributed by atoms with Gasteiger partial charge >= 0.3 is 12.1 Å². The third-order valence-corrected chi connectivity index (χ3v) is 6.15. The molecule has 4 rings (SSSR count). The minimum absolute atomic E-state index is 0.0674. The number of carbonyl (C=O) groups is 1. The Morgan fingerprint density at radius 2 is 1.95 bits per heavy atom. The lowest BCUT2D eigenvalue weighted by Crippen LogP contribution is -2.37. The number of piperidine rings is 1. The molecule has 3 aromatic heterocycles. The molecule has 14 heteroatoms. The number of aryl methyl sites for hydroxylation is 2. The van der Waals surface area contributed by atoms with Gasteiger partial charge in [0.25, 0.3) is 0 Å². The second-order valence-corrected chi connectivity index (χ2v) is 8.73. The van der Waals surface area contributed by atoms with E-state index in [1.54, 1.807) is 10.7 Å². The van der Waals surface area contributed by atoms with Gasteiger partial charge in [0.15, 0.2) is 5.82 Å². The molecule has 1 aliphatic rings. The van der Waals surface area contributed by atoms with Crippen molar-refractivity contribution >= 4 is 34.6 Å². The highest BCUT2D eigenvalue weighted by Gasteiger charge is 2.29. The van der Waals surface area contributed by atoms with Gasteiger partial charge in [0.1, 0.15) is 29.8 Å². The van der Waals surface area contributed by atoms with E-state index in [0.29, 0.717) is 73.1 Å². The first kappa shape index (κ1) is 26.5. The molecule has 0 spiro atoms. The summed E-state index contributed by atoms with van der Waals surface area (Å²) in [6.45, 7) is 3.38. The molecule has 37 heavy (non-hydrogen) atoms. The Bertz CT molecular complexity index is 1240. The van der Waals surface area contributed by atoms with E-state index >= 15 is 0 Å². The molecular formula is C23H29F3N8O3. The van der Waals surface area contributed by atoms with Crippen LogP contribution in [0.3, 0.4) is 0 Å². The standard InChI is InChI=1S/C23H29F3N8O3/c1-3-15-11-17(28-13-27-15)29-20-19-18(16(4-2)32-34(19)9-10-37-12-23(24,25)26)30-22(31-20)33-7-5-14(6-8-33)21(35)36/h11,13-14H,3-10,12H2,1-2H3,(H,35,36)(H,27,28,29,30,31). The smallest absolute Gasteiger partial charge is 0.411 e. The summed E-state index contributed by atoms with van der Waals surface area (Å²) in [7, 11) is 0. The van der Waals surface area contributed by atoms with Crippen molar-refractivity contribution in [3.8, 4) is 0 Å². The summed E-state index contributed by atoms with van der Waals surface area (Å²) in [6.07, 6.45) is -0.782. The molecule has 0 amide bonds. The number of anilines is 3. The van der Waals surface area contributed by atoms with Crippen molar-refractivity contribution in [2.45, 2.75) is 52.3 Å². The zero-order chi connectivity index (χ0) is 26.6. The van der Waals surface area contributed by atoms with Gasteiger partial charge in [-0.2, -0.15) is 23.3 Å². The van der Waals surface area contributed by atoms with Crippen molar-refractivity contribution in [2.24, 2.45) is 5.92 Å². The van der Waals surface area contributed by atoms with Crippen LogP contribution in [0.25, 0.3) is 11.0 Å². The zero-order valence-electron chi connectivity index (χ0n) is 20.6. The van der Waals surface area contributed by atoms with Crippen LogP contribution in [0, 0.1) is 5.92 Å². The molecule has 0 aliphatic carbocycles. The van der Waals surface area contributed by atoms with Crippen LogP contribution in [-0.2, 0) is 28.9 Å². The molecule has 0 aromatic carbocycles. The number of nitrogens with one attached hydrogen (secondary N) is 1. The van der Waals surface area contributed by atoms with Crippen molar-refractivity contribution in [3.05, 3.63) is 23.8 Å². The lowest BCUT2D eigenvalue weighted by Gasteiger charge is -2.30. The highest BCUT2D eigenvalue weighted by molar-refractivity contribution is 5.90. The maximum atomic E-state index is 12.5. The predicted octanol–water partition coefficient (Wildman–Crippen LogP) is 3.36. The molecule has 1 saturated heterocycles. The van der Waals surface area contributed by atoms with E-state index in [9.17, 15) is 23.1 Å². The number of aromatic nitrogens is 6. The minimum atomic E-state index is -4.41. The van der Waals surface area contributed by atoms with Crippen LogP contribution in [-0.4, -0.2) is 73.3 Å². The lowest BCUT2D eigenvalue weighted by molar-refractivity contribution is -0.174. The number of halogens is 3. The molecule has 4 heterocycles. The molecule has 2 N–H and O–H groups in total. The minimum Gasteiger partial charge on any atom is -0.481 e. The van der Waals surface area contributed by atoms with Crippen molar-refractivity contribution < 1.29 is 27.8 Å². The number of rotatable bonds is 10. The van der Waals surface area contributed by atoms with Crippen LogP contribution in [0.2, 0.25) is 0 Å². The summed E-state index contributed by atoms with van der Waals surface area (Å²) in [5.74, 6) is 0.102. The second kappa shape index (κ2) is 11.2. The number of nitrogens with zero attached hydrogens (tertiary/aromatic N) is 7. The fraction of sp³-hybridized carbons (Fsp3) is 0.565. The van der Waals surface area contributed by atoms with Crippen molar-refractivity contribution in [3.63, 3.8) is 0 Å². The van der Waals surface area contributed by atoms with Gasteiger partial charge in [0.05, 0.1) is 24.8 Å². The molecule has 0 bridgehead atoms. The SMILES string of the molecule is CCc1cc(Nc2nc(N3CCC(C(=O)O)CC3)nc3c(CC)nn(CCOCC(F)(F)F)c23)ncn1. The predicted molar refractivity (Wildman–Crippen MR) is 129 cm³/mol. The highest BCUT2D eigenvalue weighted by Crippen LogP contribution is 2.30. The van der Waals surface area contributed by atoms with Gasteiger partial charge in [0.2, 0.25) is 5.95 Å². The number of hydrogen-bond acceptors (Lipinski definition) is 9. The summed E-state index contributed by atoms with van der Waals surface area (Å²) in [5, 5.41) is 17.1. The van der Waals surface area contributed by atoms with Gasteiger partial charge in [0, 0.05) is 24.8 Å². The molecule has 0 atom stereocenters. The van der Waals surface area contributed by atoms with E-state index in [1.807, 2.05) is 18.7 Å². The van der Waals surface area contributed by atoms with E-state index in [4.69, 9.17) is 14.7 Å². The fourth-order valence-corrected chi connectivity index (χ4v) is 4.21. The molecule has 3 aromatic rings. The highest BCUT2D eigenvalue weighted by atomic mass is 19.4. The normalized spacial score (nSPS) is 14.9. The van der Waals surface area contributed by atoms with Gasteiger partial charge in [-0.25, -0.2) is 15.0 Å². The lowest BCUT2D eigenvalue weighted by atomic mass is 9.97. The number of alkyl halides is 3. The Morgan fingerprint density at radius 1 is 1.19 bits per heavy atom. The van der Waals surface area contributed by atoms with Crippen LogP contribution in [0.5, 0.6) is 0 Å². The van der Waals surface area contributed by atoms with E-state index in [2.05, 4.69) is 20.4 Å². The van der Waals surface area contributed by atoms with Crippen LogP contribution in [0.15, 0.2) is 12.4 Å². The number of hydrogen-bond donors (Lipinski definition) is 2. The van der Waals surface area contributed by atoms with Crippen LogP contribution in [0.1, 0.15) is 38.1 Å². The van der Waals surface area contributed by atoms with Crippen molar-refractivity contribution in [1.29, 1.82) is 0 Å². The molecular weight excluding hydrogens is 493 g/mol. The molecule has 0 saturated carbocycles. The third-order valence-electron chi connectivity index (χ3n) is 6.15. The number of ether oxygens (including phenoxy) is 1. The Kier molecular flexibility index (Phi) is 8.05. The Labute approximate surface area is 211 Å². The fourth-order valence-electron chi connectivity index (χ4n) is 4.21.